The van der Waals surface area contributed by atoms with E-state index in [0.29, 0.717) is 52.8 Å². The molecule has 0 fully saturated rings. The van der Waals surface area contributed by atoms with Crippen LogP contribution >= 0.6 is 11.3 Å². The number of alkyl halides is 3. The highest BCUT2D eigenvalue weighted by molar-refractivity contribution is 7.07. The van der Waals surface area contributed by atoms with Gasteiger partial charge in [0.15, 0.2) is 4.80 Å². The Hall–Kier alpha value is -4.78. The number of hydrogen-bond donors (Lipinski definition) is 2. The number of rotatable bonds is 10. The zero-order chi connectivity index (χ0) is 30.1. The topological polar surface area (TPSA) is 103 Å². The van der Waals surface area contributed by atoms with Crippen molar-refractivity contribution in [3.63, 3.8) is 0 Å². The Kier molecular flexibility index (Phi) is 9.86. The molecule has 0 aliphatic carbocycles. The summed E-state index contributed by atoms with van der Waals surface area (Å²) >= 11 is 1.19. The second-order valence-corrected chi connectivity index (χ2v) is 9.55. The maximum absolute atomic E-state index is 13.2. The minimum absolute atomic E-state index is 0.229. The lowest BCUT2D eigenvalue weighted by molar-refractivity contribution is -0.274. The molecule has 3 amide bonds. The third kappa shape index (κ3) is 8.13. The van der Waals surface area contributed by atoms with Gasteiger partial charge in [-0.15, -0.1) is 24.5 Å². The Morgan fingerprint density at radius 3 is 2.33 bits per heavy atom. The first-order chi connectivity index (χ1) is 20.2. The van der Waals surface area contributed by atoms with E-state index in [-0.39, 0.29) is 17.3 Å². The summed E-state index contributed by atoms with van der Waals surface area (Å²) in [5, 5.41) is 7.28. The predicted octanol–water partition coefficient (Wildman–Crippen LogP) is 6.09. The molecule has 9 nitrogen and oxygen atoms in total. The molecule has 13 heteroatoms. The van der Waals surface area contributed by atoms with Crippen molar-refractivity contribution >= 4 is 29.0 Å². The summed E-state index contributed by atoms with van der Waals surface area (Å²) < 4.78 is 54.1. The quantitative estimate of drug-likeness (QED) is 0.215. The van der Waals surface area contributed by atoms with E-state index in [2.05, 4.69) is 20.4 Å². The van der Waals surface area contributed by atoms with E-state index in [1.54, 1.807) is 52.4 Å². The van der Waals surface area contributed by atoms with Gasteiger partial charge in [0.05, 0.1) is 25.5 Å². The molecule has 4 aromatic rings. The van der Waals surface area contributed by atoms with Gasteiger partial charge in [-0.1, -0.05) is 18.2 Å². The summed E-state index contributed by atoms with van der Waals surface area (Å²) in [6.07, 6.45) is -4.34. The molecule has 220 valence electrons. The van der Waals surface area contributed by atoms with Crippen LogP contribution < -0.4 is 29.6 Å². The van der Waals surface area contributed by atoms with Gasteiger partial charge in [0, 0.05) is 30.2 Å². The van der Waals surface area contributed by atoms with Crippen LogP contribution in [0.25, 0.3) is 11.3 Å². The second-order valence-electron chi connectivity index (χ2n) is 8.71. The zero-order valence-electron chi connectivity index (χ0n) is 22.6. The van der Waals surface area contributed by atoms with Crippen LogP contribution in [0, 0.1) is 0 Å². The number of nitrogens with zero attached hydrogens (tertiary/aromatic N) is 2. The van der Waals surface area contributed by atoms with Gasteiger partial charge in [0.2, 0.25) is 0 Å². The number of anilines is 1. The first-order valence-electron chi connectivity index (χ1n) is 12.6. The minimum atomic E-state index is -4.81. The number of hydrogen-bond acceptors (Lipinski definition) is 6. The molecule has 0 atom stereocenters. The maximum atomic E-state index is 13.2. The highest BCUT2D eigenvalue weighted by Crippen LogP contribution is 2.28. The van der Waals surface area contributed by atoms with Crippen molar-refractivity contribution in [2.24, 2.45) is 4.99 Å². The number of benzene rings is 3. The highest BCUT2D eigenvalue weighted by Gasteiger charge is 2.31. The zero-order valence-corrected chi connectivity index (χ0v) is 23.4. The number of carbonyl (C=O) groups excluding carboxylic acids is 2. The smallest absolute Gasteiger partial charge is 0.497 e. The van der Waals surface area contributed by atoms with Crippen LogP contribution in [0.5, 0.6) is 17.2 Å². The van der Waals surface area contributed by atoms with Crippen LogP contribution in [-0.4, -0.2) is 43.6 Å². The van der Waals surface area contributed by atoms with Crippen LogP contribution in [-0.2, 0) is 6.54 Å². The van der Waals surface area contributed by atoms with E-state index < -0.39 is 12.3 Å². The molecule has 3 aromatic carbocycles. The average Bonchev–Trinajstić information content (AvgIpc) is 3.36. The number of thiazole rings is 1. The van der Waals surface area contributed by atoms with Crippen LogP contribution in [0.1, 0.15) is 16.8 Å². The van der Waals surface area contributed by atoms with Gasteiger partial charge in [-0.3, -0.25) is 4.79 Å². The van der Waals surface area contributed by atoms with Gasteiger partial charge in [0.25, 0.3) is 5.91 Å². The van der Waals surface area contributed by atoms with E-state index >= 15 is 0 Å². The Morgan fingerprint density at radius 2 is 1.67 bits per heavy atom. The molecule has 0 aliphatic rings. The number of methoxy groups -OCH3 is 2. The first-order valence-corrected chi connectivity index (χ1v) is 13.5. The van der Waals surface area contributed by atoms with Gasteiger partial charge in [-0.25, -0.2) is 4.79 Å². The Bertz CT molecular complexity index is 1590. The third-order valence-electron chi connectivity index (χ3n) is 5.89. The fourth-order valence-electron chi connectivity index (χ4n) is 3.95. The third-order valence-corrected chi connectivity index (χ3v) is 6.76. The summed E-state index contributed by atoms with van der Waals surface area (Å²) in [7, 11) is 2.93. The van der Waals surface area contributed by atoms with Crippen LogP contribution in [0.2, 0.25) is 0 Å². The van der Waals surface area contributed by atoms with Crippen molar-refractivity contribution in [2.75, 3.05) is 26.1 Å². The van der Waals surface area contributed by atoms with E-state index in [1.165, 1.54) is 49.8 Å². The summed E-state index contributed by atoms with van der Waals surface area (Å²) in [6, 6.07) is 18.8. The van der Waals surface area contributed by atoms with Gasteiger partial charge in [0.1, 0.15) is 17.2 Å². The lowest BCUT2D eigenvalue weighted by atomic mass is 10.1. The second kappa shape index (κ2) is 13.7. The molecule has 0 spiro atoms. The molecule has 1 aromatic heterocycles. The van der Waals surface area contributed by atoms with Crippen molar-refractivity contribution in [3.05, 3.63) is 88.5 Å². The number of nitrogens with one attached hydrogen (secondary N) is 2. The van der Waals surface area contributed by atoms with E-state index in [0.717, 1.165) is 0 Å². The summed E-state index contributed by atoms with van der Waals surface area (Å²) in [5.74, 6) is -0.0989. The van der Waals surface area contributed by atoms with Crippen molar-refractivity contribution in [3.8, 4) is 28.5 Å². The molecule has 4 rings (SSSR count). The molecular formula is C29H27F3N4O5S. The standard InChI is InChI=1S/C29H27F3N4O5S/c1-39-22-13-14-23(25(17-22)40-2)26(37)35-28-36(16-6-15-33-27(38)34-20-7-4-3-5-8-20)24(18-42-28)19-9-11-21(12-10-19)41-29(30,31)32/h3-5,7-14,17-18H,6,15-16H2,1-2H3,(H2,33,34,38)/b35-28-. The summed E-state index contributed by atoms with van der Waals surface area (Å²) in [4.78, 5) is 30.1. The summed E-state index contributed by atoms with van der Waals surface area (Å²) in [5.41, 5.74) is 2.09. The van der Waals surface area contributed by atoms with Crippen molar-refractivity contribution in [1.82, 2.24) is 9.88 Å². The number of amides is 3. The normalized spacial score (nSPS) is 11.6. The van der Waals surface area contributed by atoms with Gasteiger partial charge < -0.3 is 29.4 Å². The number of para-hydroxylation sites is 1. The number of aromatic nitrogens is 1. The molecule has 2 N–H and O–H groups in total. The fourth-order valence-corrected chi connectivity index (χ4v) is 4.88. The molecule has 0 unspecified atom stereocenters. The number of urea groups is 1. The van der Waals surface area contributed by atoms with Crippen molar-refractivity contribution in [2.45, 2.75) is 19.3 Å². The number of carbonyl (C=O) groups is 2. The first kappa shape index (κ1) is 30.2. The molecule has 1 heterocycles. The molecule has 0 bridgehead atoms. The lowest BCUT2D eigenvalue weighted by Crippen LogP contribution is -2.30. The molecule has 0 radical (unpaired) electrons. The average molecular weight is 601 g/mol. The van der Waals surface area contributed by atoms with Crippen molar-refractivity contribution in [1.29, 1.82) is 0 Å². The highest BCUT2D eigenvalue weighted by atomic mass is 32.1. The van der Waals surface area contributed by atoms with Gasteiger partial charge in [-0.2, -0.15) is 4.99 Å². The maximum Gasteiger partial charge on any atom is 0.573 e. The number of halogens is 3. The van der Waals surface area contributed by atoms with Gasteiger partial charge in [-0.05, 0) is 60.5 Å². The number of ether oxygens (including phenoxy) is 3. The van der Waals surface area contributed by atoms with Crippen LogP contribution in [0.4, 0.5) is 23.7 Å². The monoisotopic (exact) mass is 600 g/mol. The Morgan fingerprint density at radius 1 is 0.952 bits per heavy atom. The lowest BCUT2D eigenvalue weighted by Gasteiger charge is -2.12. The molecule has 0 aliphatic heterocycles. The van der Waals surface area contributed by atoms with Crippen LogP contribution in [0.15, 0.2) is 83.2 Å². The van der Waals surface area contributed by atoms with Gasteiger partial charge >= 0.3 is 12.4 Å². The molecule has 0 saturated carbocycles. The van der Waals surface area contributed by atoms with E-state index in [9.17, 15) is 22.8 Å². The largest absolute Gasteiger partial charge is 0.573 e. The van der Waals surface area contributed by atoms with E-state index in [4.69, 9.17) is 9.47 Å². The molecule has 0 saturated heterocycles. The Labute approximate surface area is 243 Å². The molecule has 42 heavy (non-hydrogen) atoms. The molecular weight excluding hydrogens is 573 g/mol. The van der Waals surface area contributed by atoms with Crippen LogP contribution in [0.3, 0.4) is 0 Å². The predicted molar refractivity (Wildman–Crippen MR) is 152 cm³/mol. The Balaban J connectivity index is 1.58. The minimum Gasteiger partial charge on any atom is -0.497 e. The fraction of sp³-hybridized carbons (Fsp3) is 0.207. The van der Waals surface area contributed by atoms with E-state index in [1.807, 2.05) is 6.07 Å². The van der Waals surface area contributed by atoms with Crippen molar-refractivity contribution < 1.29 is 37.0 Å². The summed E-state index contributed by atoms with van der Waals surface area (Å²) in [6.45, 7) is 0.649. The SMILES string of the molecule is COc1ccc(C(=O)/N=c2\scc(-c3ccc(OC(F)(F)F)cc3)n2CCCNC(=O)Nc2ccccc2)c(OC)c1.